The van der Waals surface area contributed by atoms with Crippen LogP contribution in [0, 0.1) is 0 Å². The Labute approximate surface area is 541 Å². The Morgan fingerprint density at radius 2 is 0.606 bits per heavy atom. The summed E-state index contributed by atoms with van der Waals surface area (Å²) in [4.78, 5) is 0. The minimum Gasteiger partial charge on any atom is -0.308 e. The molecule has 4 heterocycles. The maximum atomic E-state index is 2.56. The summed E-state index contributed by atoms with van der Waals surface area (Å²) in [6.45, 7) is 4.77. The van der Waals surface area contributed by atoms with Gasteiger partial charge in [-0.05, 0) is 223 Å². The fourth-order valence-electron chi connectivity index (χ4n) is 18.2. The van der Waals surface area contributed by atoms with E-state index in [1.54, 1.807) is 0 Å². The summed E-state index contributed by atoms with van der Waals surface area (Å²) < 4.78 is 5.12. The Morgan fingerprint density at radius 3 is 1.14 bits per heavy atom. The molecule has 16 aromatic carbocycles. The molecule has 0 radical (unpaired) electrons. The third-order valence-corrected chi connectivity index (χ3v) is 22.5. The first-order valence-corrected chi connectivity index (χ1v) is 33.1. The highest BCUT2D eigenvalue weighted by Gasteiger charge is 2.46. The van der Waals surface area contributed by atoms with E-state index >= 15 is 0 Å². The molecule has 22 rings (SSSR count). The second-order valence-corrected chi connectivity index (χ2v) is 27.5. The van der Waals surface area contributed by atoms with Gasteiger partial charge in [0.15, 0.2) is 0 Å². The average Bonchev–Trinajstić information content (AvgIpc) is 1.54. The quantitative estimate of drug-likeness (QED) is 0.162. The summed E-state index contributed by atoms with van der Waals surface area (Å²) in [6.07, 6.45) is 0. The zero-order chi connectivity index (χ0) is 61.4. The molecule has 0 unspecified atom stereocenters. The van der Waals surface area contributed by atoms with Gasteiger partial charge < -0.3 is 8.80 Å². The maximum absolute atomic E-state index is 2.56. The molecule has 94 heavy (non-hydrogen) atoms. The van der Waals surface area contributed by atoms with Gasteiger partial charge in [-0.25, -0.2) is 0 Å². The van der Waals surface area contributed by atoms with Crippen molar-refractivity contribution in [2.24, 2.45) is 0 Å². The molecule has 0 atom stereocenters. The van der Waals surface area contributed by atoms with Crippen LogP contribution in [0.5, 0.6) is 0 Å². The highest BCUT2D eigenvalue weighted by Crippen LogP contribution is 2.58. The van der Waals surface area contributed by atoms with E-state index in [-0.39, 0.29) is 5.41 Å². The van der Waals surface area contributed by atoms with Crippen molar-refractivity contribution >= 4 is 119 Å². The molecule has 4 aromatic heterocycles. The lowest BCUT2D eigenvalue weighted by Gasteiger charge is -2.34. The summed E-state index contributed by atoms with van der Waals surface area (Å²) in [5.41, 5.74) is 27.6. The third kappa shape index (κ3) is 6.54. The molecule has 0 saturated heterocycles. The summed E-state index contributed by atoms with van der Waals surface area (Å²) in [6, 6.07) is 116. The standard InChI is InChI=1S/C92H56N2/c1-91(2)80-29-15-14-27-71(80)88-68(28-17-31-82(88)91)65-46-78-73-41-54-19-10-12-21-56(54)50-85(73)94-87-52-61-35-33-58(39-63(61)43-75(87)79(47-65)90(78)94)57-32-34-60-51-86-74(42-62(60)38-57)77-45-64(44-76-72-40-53-18-9-11-20-55(53)49-84(72)93(86)89(76)77)59-36-37-70-69-26-13-16-30-81(69)92(83(70)48-59,66-22-5-3-6-23-66)67-24-7-4-8-25-67/h3-52H,1-2H3. The fourth-order valence-corrected chi connectivity index (χ4v) is 18.2. The normalized spacial score (nSPS) is 14.0. The number of hydrogen-bond acceptors (Lipinski definition) is 0. The number of benzene rings is 16. The van der Waals surface area contributed by atoms with Crippen LogP contribution in [0.4, 0.5) is 0 Å². The molecule has 0 amide bonds. The molecule has 0 fully saturated rings. The first-order chi connectivity index (χ1) is 46.3. The van der Waals surface area contributed by atoms with Crippen molar-refractivity contribution in [1.82, 2.24) is 8.80 Å². The Kier molecular flexibility index (Phi) is 9.74. The molecule has 434 valence electrons. The number of hydrogen-bond donors (Lipinski definition) is 0. The predicted molar refractivity (Wildman–Crippen MR) is 397 cm³/mol. The van der Waals surface area contributed by atoms with Gasteiger partial charge in [0.25, 0.3) is 0 Å². The monoisotopic (exact) mass is 1190 g/mol. The maximum Gasteiger partial charge on any atom is 0.0713 e. The van der Waals surface area contributed by atoms with Crippen LogP contribution in [-0.4, -0.2) is 8.80 Å². The Bertz CT molecular complexity index is 6690. The third-order valence-electron chi connectivity index (χ3n) is 22.5. The van der Waals surface area contributed by atoms with Gasteiger partial charge in [0, 0.05) is 48.5 Å². The van der Waals surface area contributed by atoms with Crippen molar-refractivity contribution in [2.45, 2.75) is 24.7 Å². The second kappa shape index (κ2) is 18.0. The summed E-state index contributed by atoms with van der Waals surface area (Å²) in [5, 5.41) is 20.2. The lowest BCUT2D eigenvalue weighted by Crippen LogP contribution is -2.28. The molecule has 20 aromatic rings. The van der Waals surface area contributed by atoms with Gasteiger partial charge in [0.1, 0.15) is 0 Å². The van der Waals surface area contributed by atoms with Crippen LogP contribution in [-0.2, 0) is 10.8 Å². The van der Waals surface area contributed by atoms with Crippen LogP contribution < -0.4 is 0 Å². The largest absolute Gasteiger partial charge is 0.308 e. The van der Waals surface area contributed by atoms with Crippen molar-refractivity contribution in [2.75, 3.05) is 0 Å². The Balaban J connectivity index is 0.732. The van der Waals surface area contributed by atoms with Crippen molar-refractivity contribution < 1.29 is 0 Å². The van der Waals surface area contributed by atoms with Crippen LogP contribution in [0.2, 0.25) is 0 Å². The SMILES string of the molecule is CC1(C)c2ccccc2-c2c(-c3cc4c5cc6ccccc6cc5n5c6cc7ccc(-c8ccc9cc%10c(cc9c8)c8cc(-c9ccc%11c(c9)C(c9ccccc9)(c9ccccc9)c9ccccc9-%11)cc9c%11cc%12ccccc%12cc%11n%10c98)cc7cc6c(c3)c45)cccc21. The van der Waals surface area contributed by atoms with Gasteiger partial charge in [-0.15, -0.1) is 0 Å². The topological polar surface area (TPSA) is 8.82 Å². The zero-order valence-electron chi connectivity index (χ0n) is 51.8. The summed E-state index contributed by atoms with van der Waals surface area (Å²) in [5.74, 6) is 0. The fraction of sp³-hybridized carbons (Fsp3) is 0.0435. The van der Waals surface area contributed by atoms with Crippen LogP contribution in [0.15, 0.2) is 303 Å². The number of aromatic nitrogens is 2. The molecule has 2 nitrogen and oxygen atoms in total. The summed E-state index contributed by atoms with van der Waals surface area (Å²) >= 11 is 0. The van der Waals surface area contributed by atoms with Crippen LogP contribution in [0.1, 0.15) is 47.2 Å². The van der Waals surface area contributed by atoms with Gasteiger partial charge in [-0.3, -0.25) is 0 Å². The van der Waals surface area contributed by atoms with Crippen LogP contribution >= 0.6 is 0 Å². The molecule has 0 spiro atoms. The van der Waals surface area contributed by atoms with E-state index in [1.165, 1.54) is 208 Å². The highest BCUT2D eigenvalue weighted by molar-refractivity contribution is 6.29. The van der Waals surface area contributed by atoms with E-state index in [2.05, 4.69) is 326 Å². The van der Waals surface area contributed by atoms with Crippen molar-refractivity contribution in [1.29, 1.82) is 0 Å². The molecular weight excluding hydrogens is 1130 g/mol. The minimum atomic E-state index is -0.500. The molecule has 2 aliphatic carbocycles. The number of nitrogens with zero attached hydrogens (tertiary/aromatic N) is 2. The van der Waals surface area contributed by atoms with Gasteiger partial charge in [-0.2, -0.15) is 0 Å². The Morgan fingerprint density at radius 1 is 0.223 bits per heavy atom. The molecule has 0 N–H and O–H groups in total. The molecule has 0 bridgehead atoms. The highest BCUT2D eigenvalue weighted by atomic mass is 14.9. The van der Waals surface area contributed by atoms with E-state index in [1.807, 2.05) is 0 Å². The smallest absolute Gasteiger partial charge is 0.0713 e. The van der Waals surface area contributed by atoms with E-state index in [9.17, 15) is 0 Å². The van der Waals surface area contributed by atoms with Crippen LogP contribution in [0.25, 0.3) is 175 Å². The van der Waals surface area contributed by atoms with Gasteiger partial charge in [-0.1, -0.05) is 226 Å². The zero-order valence-corrected chi connectivity index (χ0v) is 51.8. The van der Waals surface area contributed by atoms with E-state index in [0.717, 1.165) is 0 Å². The number of fused-ring (bicyclic) bond motifs is 22. The summed E-state index contributed by atoms with van der Waals surface area (Å²) in [7, 11) is 0. The molecule has 0 saturated carbocycles. The van der Waals surface area contributed by atoms with Crippen molar-refractivity contribution in [3.8, 4) is 55.6 Å². The van der Waals surface area contributed by atoms with Crippen molar-refractivity contribution in [3.63, 3.8) is 0 Å². The predicted octanol–water partition coefficient (Wildman–Crippen LogP) is 24.3. The van der Waals surface area contributed by atoms with E-state index in [4.69, 9.17) is 0 Å². The number of rotatable bonds is 5. The van der Waals surface area contributed by atoms with E-state index < -0.39 is 5.41 Å². The molecule has 0 aliphatic heterocycles. The minimum absolute atomic E-state index is 0.0943. The molecule has 2 heteroatoms. The van der Waals surface area contributed by atoms with Gasteiger partial charge >= 0.3 is 0 Å². The van der Waals surface area contributed by atoms with E-state index in [0.29, 0.717) is 0 Å². The van der Waals surface area contributed by atoms with Gasteiger partial charge in [0.05, 0.1) is 38.5 Å². The lowest BCUT2D eigenvalue weighted by molar-refractivity contribution is 0.660. The molecular formula is C92H56N2. The Hall–Kier alpha value is -11.8. The second-order valence-electron chi connectivity index (χ2n) is 27.5. The average molecular weight is 1190 g/mol. The first-order valence-electron chi connectivity index (χ1n) is 33.1. The lowest BCUT2D eigenvalue weighted by atomic mass is 9.67. The first kappa shape index (κ1) is 50.9. The molecule has 2 aliphatic rings. The van der Waals surface area contributed by atoms with Crippen LogP contribution in [0.3, 0.4) is 0 Å². The van der Waals surface area contributed by atoms with Crippen molar-refractivity contribution in [3.05, 3.63) is 337 Å². The van der Waals surface area contributed by atoms with Gasteiger partial charge in [0.2, 0.25) is 0 Å².